The van der Waals surface area contributed by atoms with Gasteiger partial charge < -0.3 is 19.5 Å². The molecule has 2 amide bonds. The molecule has 4 aromatic rings. The molecule has 0 spiro atoms. The van der Waals surface area contributed by atoms with Gasteiger partial charge in [0.15, 0.2) is 11.2 Å². The van der Waals surface area contributed by atoms with Crippen molar-refractivity contribution in [2.45, 2.75) is 70.9 Å². The van der Waals surface area contributed by atoms with Crippen molar-refractivity contribution in [3.05, 3.63) is 122 Å². The van der Waals surface area contributed by atoms with Crippen LogP contribution in [0.3, 0.4) is 0 Å². The Morgan fingerprint density at radius 2 is 1.70 bits per heavy atom. The lowest BCUT2D eigenvalue weighted by atomic mass is 9.97. The van der Waals surface area contributed by atoms with Crippen LogP contribution in [0.1, 0.15) is 79.1 Å². The van der Waals surface area contributed by atoms with Crippen LogP contribution in [0, 0.1) is 0 Å². The first kappa shape index (κ1) is 32.6. The van der Waals surface area contributed by atoms with Gasteiger partial charge in [-0.2, -0.15) is 0 Å². The van der Waals surface area contributed by atoms with Crippen molar-refractivity contribution in [3.8, 4) is 0 Å². The minimum atomic E-state index is -0.425. The molecule has 3 aromatic carbocycles. The highest BCUT2D eigenvalue weighted by atomic mass is 35.5. The summed E-state index contributed by atoms with van der Waals surface area (Å²) in [6, 6.07) is 22.6. The molecule has 3 heterocycles. The molecule has 0 unspecified atom stereocenters. The number of benzene rings is 3. The second-order valence-corrected chi connectivity index (χ2v) is 13.4. The molecule has 1 aromatic heterocycles. The van der Waals surface area contributed by atoms with Crippen molar-refractivity contribution in [1.82, 2.24) is 10.2 Å². The first-order chi connectivity index (χ1) is 22.7. The highest BCUT2D eigenvalue weighted by Gasteiger charge is 2.23. The summed E-state index contributed by atoms with van der Waals surface area (Å²) in [5.41, 5.74) is 5.88. The van der Waals surface area contributed by atoms with Gasteiger partial charge in [0.2, 0.25) is 5.91 Å². The molecular weight excluding hydrogens is 610 g/mol. The lowest BCUT2D eigenvalue weighted by Gasteiger charge is -2.34. The first-order valence-electron chi connectivity index (χ1n) is 16.7. The van der Waals surface area contributed by atoms with Crippen molar-refractivity contribution < 1.29 is 14.0 Å². The summed E-state index contributed by atoms with van der Waals surface area (Å²) in [7, 11) is 0. The molecule has 244 valence electrons. The standard InChI is InChI=1S/C39H42ClN3O4/c1-26(2)29-12-15-36-33(23-29)35(44)24-37(47-36)39(46)41-32(21-27-10-13-31(40)14-11-27)22-28-16-19-42(20-17-28)34-8-4-3-7-30(34)25-43-18-6-5-9-38(43)45/h3-4,7-8,10-15,22-24,26,32H,5-6,9,16-21,25H2,1-2H3,(H,41,46)/t32-/m1/s1. The largest absolute Gasteiger partial charge is 0.451 e. The number of rotatable bonds is 9. The van der Waals surface area contributed by atoms with E-state index in [4.69, 9.17) is 16.0 Å². The number of amides is 2. The van der Waals surface area contributed by atoms with E-state index < -0.39 is 5.91 Å². The van der Waals surface area contributed by atoms with Crippen LogP contribution in [0.15, 0.2) is 93.7 Å². The molecule has 47 heavy (non-hydrogen) atoms. The van der Waals surface area contributed by atoms with Crippen LogP contribution in [0.4, 0.5) is 5.69 Å². The number of fused-ring (bicyclic) bond motifs is 1. The van der Waals surface area contributed by atoms with Gasteiger partial charge in [-0.05, 0) is 85.0 Å². The molecule has 0 aliphatic carbocycles. The van der Waals surface area contributed by atoms with Gasteiger partial charge in [0, 0.05) is 49.4 Å². The Balaban J connectivity index is 1.19. The van der Waals surface area contributed by atoms with Gasteiger partial charge in [0.05, 0.1) is 11.4 Å². The molecule has 2 saturated heterocycles. The second-order valence-electron chi connectivity index (χ2n) is 13.0. The highest BCUT2D eigenvalue weighted by molar-refractivity contribution is 6.30. The monoisotopic (exact) mass is 651 g/mol. The maximum atomic E-state index is 13.5. The van der Waals surface area contributed by atoms with Crippen LogP contribution in [0.5, 0.6) is 0 Å². The van der Waals surface area contributed by atoms with E-state index in [9.17, 15) is 14.4 Å². The SMILES string of the molecule is CC(C)c1ccc2oc(C(=O)N[C@@H](C=C3CCN(c4ccccc4CN4CCCCC4=O)CC3)Cc3ccc(Cl)cc3)cc(=O)c2c1. The molecule has 7 nitrogen and oxygen atoms in total. The third-order valence-electron chi connectivity index (χ3n) is 9.28. The average Bonchev–Trinajstić information content (AvgIpc) is 3.07. The molecular formula is C39H42ClN3O4. The maximum absolute atomic E-state index is 13.5. The van der Waals surface area contributed by atoms with Crippen molar-refractivity contribution in [2.75, 3.05) is 24.5 Å². The molecule has 2 fully saturated rings. The van der Waals surface area contributed by atoms with Gasteiger partial charge in [-0.15, -0.1) is 0 Å². The molecule has 0 saturated carbocycles. The van der Waals surface area contributed by atoms with E-state index in [-0.39, 0.29) is 29.1 Å². The van der Waals surface area contributed by atoms with E-state index in [1.807, 2.05) is 47.4 Å². The fraction of sp³-hybridized carbons (Fsp3) is 0.359. The zero-order valence-electron chi connectivity index (χ0n) is 27.1. The zero-order chi connectivity index (χ0) is 32.9. The third kappa shape index (κ3) is 7.96. The Kier molecular flexibility index (Phi) is 10.1. The zero-order valence-corrected chi connectivity index (χ0v) is 27.9. The van der Waals surface area contributed by atoms with Crippen LogP contribution in [-0.2, 0) is 17.8 Å². The van der Waals surface area contributed by atoms with Crippen LogP contribution < -0.4 is 15.6 Å². The minimum absolute atomic E-state index is 0.00193. The van der Waals surface area contributed by atoms with Crippen LogP contribution in [-0.4, -0.2) is 42.4 Å². The predicted molar refractivity (Wildman–Crippen MR) is 188 cm³/mol. The Morgan fingerprint density at radius 1 is 0.936 bits per heavy atom. The smallest absolute Gasteiger partial charge is 0.287 e. The molecule has 0 bridgehead atoms. The molecule has 6 rings (SSSR count). The fourth-order valence-corrected chi connectivity index (χ4v) is 6.71. The van der Waals surface area contributed by atoms with Crippen molar-refractivity contribution in [1.29, 1.82) is 0 Å². The minimum Gasteiger partial charge on any atom is -0.451 e. The number of hydrogen-bond acceptors (Lipinski definition) is 5. The van der Waals surface area contributed by atoms with E-state index in [1.165, 1.54) is 22.9 Å². The van der Waals surface area contributed by atoms with E-state index in [0.29, 0.717) is 35.4 Å². The Bertz CT molecular complexity index is 1840. The summed E-state index contributed by atoms with van der Waals surface area (Å²) < 4.78 is 5.95. The van der Waals surface area contributed by atoms with Gasteiger partial charge in [-0.1, -0.05) is 73.5 Å². The van der Waals surface area contributed by atoms with E-state index >= 15 is 0 Å². The Labute approximate surface area is 281 Å². The number of nitrogens with zero attached hydrogens (tertiary/aromatic N) is 2. The Hall–Kier alpha value is -4.36. The number of hydrogen-bond donors (Lipinski definition) is 1. The van der Waals surface area contributed by atoms with Gasteiger partial charge in [0.1, 0.15) is 5.58 Å². The van der Waals surface area contributed by atoms with Gasteiger partial charge in [-0.25, -0.2) is 0 Å². The molecule has 2 aliphatic heterocycles. The second kappa shape index (κ2) is 14.6. The molecule has 8 heteroatoms. The van der Waals surface area contributed by atoms with E-state index in [0.717, 1.165) is 56.4 Å². The number of carbonyl (C=O) groups excluding carboxylic acids is 2. The van der Waals surface area contributed by atoms with Crippen LogP contribution >= 0.6 is 11.6 Å². The Morgan fingerprint density at radius 3 is 2.45 bits per heavy atom. The topological polar surface area (TPSA) is 82.9 Å². The summed E-state index contributed by atoms with van der Waals surface area (Å²) in [5.74, 6) is 0.0893. The average molecular weight is 652 g/mol. The third-order valence-corrected chi connectivity index (χ3v) is 9.54. The number of carbonyl (C=O) groups is 2. The number of piperidine rings is 2. The van der Waals surface area contributed by atoms with E-state index in [1.54, 1.807) is 6.07 Å². The predicted octanol–water partition coefficient (Wildman–Crippen LogP) is 7.65. The number of nitrogens with one attached hydrogen (secondary N) is 1. The lowest BCUT2D eigenvalue weighted by Crippen LogP contribution is -2.37. The number of likely N-dealkylation sites (tertiary alicyclic amines) is 1. The highest BCUT2D eigenvalue weighted by Crippen LogP contribution is 2.29. The first-order valence-corrected chi connectivity index (χ1v) is 17.0. The number of para-hydroxylation sites is 1. The summed E-state index contributed by atoms with van der Waals surface area (Å²) in [5, 5.41) is 4.27. The summed E-state index contributed by atoms with van der Waals surface area (Å²) in [6.45, 7) is 7.30. The lowest BCUT2D eigenvalue weighted by molar-refractivity contribution is -0.133. The fourth-order valence-electron chi connectivity index (χ4n) is 6.58. The number of anilines is 1. The quantitative estimate of drug-likeness (QED) is 0.188. The van der Waals surface area contributed by atoms with Crippen LogP contribution in [0.2, 0.25) is 5.02 Å². The van der Waals surface area contributed by atoms with Gasteiger partial charge in [-0.3, -0.25) is 14.4 Å². The molecule has 1 atom stereocenters. The van der Waals surface area contributed by atoms with Crippen molar-refractivity contribution in [2.24, 2.45) is 0 Å². The van der Waals surface area contributed by atoms with Crippen molar-refractivity contribution >= 4 is 40.1 Å². The van der Waals surface area contributed by atoms with Gasteiger partial charge >= 0.3 is 0 Å². The summed E-state index contributed by atoms with van der Waals surface area (Å²) in [4.78, 5) is 43.5. The van der Waals surface area contributed by atoms with Gasteiger partial charge in [0.25, 0.3) is 5.91 Å². The van der Waals surface area contributed by atoms with Crippen LogP contribution in [0.25, 0.3) is 11.0 Å². The maximum Gasteiger partial charge on any atom is 0.287 e. The normalized spacial score (nSPS) is 16.1. The van der Waals surface area contributed by atoms with Crippen molar-refractivity contribution in [3.63, 3.8) is 0 Å². The molecule has 1 N–H and O–H groups in total. The van der Waals surface area contributed by atoms with E-state index in [2.05, 4.69) is 48.3 Å². The summed E-state index contributed by atoms with van der Waals surface area (Å²) >= 11 is 6.15. The molecule has 0 radical (unpaired) electrons. The molecule has 2 aliphatic rings. The number of halogens is 1. The summed E-state index contributed by atoms with van der Waals surface area (Å²) in [6.07, 6.45) is 7.12.